The number of nitrogens with zero attached hydrogens (tertiary/aromatic N) is 5. The van der Waals surface area contributed by atoms with Crippen LogP contribution in [0.5, 0.6) is 0 Å². The zero-order valence-electron chi connectivity index (χ0n) is 16.4. The van der Waals surface area contributed by atoms with Crippen molar-refractivity contribution in [3.8, 4) is 5.82 Å². The maximum absolute atomic E-state index is 4.36. The molecule has 0 bridgehead atoms. The van der Waals surface area contributed by atoms with Gasteiger partial charge in [0.1, 0.15) is 0 Å². The summed E-state index contributed by atoms with van der Waals surface area (Å²) in [6.07, 6.45) is 10.6. The Balaban J connectivity index is 1.41. The summed E-state index contributed by atoms with van der Waals surface area (Å²) in [5, 5.41) is 11.0. The van der Waals surface area contributed by atoms with Crippen LogP contribution in [0.15, 0.2) is 41.8 Å². The molecule has 1 aliphatic rings. The first-order valence-corrected chi connectivity index (χ1v) is 9.90. The Morgan fingerprint density at radius 3 is 3.00 bits per heavy atom. The zero-order chi connectivity index (χ0) is 18.9. The summed E-state index contributed by atoms with van der Waals surface area (Å²) in [6, 6.07) is 6.66. The van der Waals surface area contributed by atoms with E-state index in [4.69, 9.17) is 0 Å². The number of hydrogen-bond donors (Lipinski definition) is 2. The van der Waals surface area contributed by atoms with Crippen LogP contribution in [0.25, 0.3) is 5.82 Å². The molecule has 1 unspecified atom stereocenters. The highest BCUT2D eigenvalue weighted by molar-refractivity contribution is 5.79. The van der Waals surface area contributed by atoms with Crippen molar-refractivity contribution < 1.29 is 0 Å². The average Bonchev–Trinajstić information content (AvgIpc) is 3.24. The average molecular weight is 370 g/mol. The summed E-state index contributed by atoms with van der Waals surface area (Å²) in [7, 11) is 1.81. The molecule has 2 aromatic heterocycles. The molecule has 0 saturated carbocycles. The van der Waals surface area contributed by atoms with Crippen molar-refractivity contribution in [3.05, 3.63) is 42.4 Å². The summed E-state index contributed by atoms with van der Waals surface area (Å²) in [4.78, 5) is 11.3. The molecule has 7 nitrogen and oxygen atoms in total. The van der Waals surface area contributed by atoms with Crippen LogP contribution >= 0.6 is 0 Å². The largest absolute Gasteiger partial charge is 0.356 e. The van der Waals surface area contributed by atoms with Gasteiger partial charge < -0.3 is 15.5 Å². The van der Waals surface area contributed by atoms with Gasteiger partial charge in [-0.25, -0.2) is 9.67 Å². The lowest BCUT2D eigenvalue weighted by Crippen LogP contribution is -2.41. The number of nitrogens with one attached hydrogen (secondary N) is 2. The minimum Gasteiger partial charge on any atom is -0.356 e. The fourth-order valence-electron chi connectivity index (χ4n) is 3.49. The molecule has 0 spiro atoms. The Hall–Kier alpha value is -2.41. The van der Waals surface area contributed by atoms with Crippen LogP contribution in [0.4, 0.5) is 0 Å². The number of likely N-dealkylation sites (tertiary alicyclic amines) is 1. The monoisotopic (exact) mass is 369 g/mol. The fourth-order valence-corrected chi connectivity index (χ4v) is 3.49. The molecule has 0 aliphatic carbocycles. The molecule has 0 radical (unpaired) electrons. The van der Waals surface area contributed by atoms with Gasteiger partial charge in [0.25, 0.3) is 0 Å². The predicted octanol–water partition coefficient (Wildman–Crippen LogP) is 2.20. The standard InChI is InChI=1S/C20H31N7/c1-17-7-3-4-12-26(17)13-5-9-23-20(21-2)24-16-18-8-11-22-19(15-18)27-14-6-10-25-27/h6,8,10-11,14-15,17H,3-5,7,9,12-13,16H2,1-2H3,(H2,21,23,24). The van der Waals surface area contributed by atoms with Gasteiger partial charge in [-0.3, -0.25) is 4.99 Å². The second-order valence-electron chi connectivity index (χ2n) is 7.06. The van der Waals surface area contributed by atoms with Gasteiger partial charge in [-0.05, 0) is 56.5 Å². The molecule has 3 heterocycles. The van der Waals surface area contributed by atoms with Crippen molar-refractivity contribution in [1.82, 2.24) is 30.3 Å². The Labute approximate surface area is 161 Å². The highest BCUT2D eigenvalue weighted by atomic mass is 15.3. The minimum absolute atomic E-state index is 0.694. The minimum atomic E-state index is 0.694. The molecule has 1 atom stereocenters. The maximum Gasteiger partial charge on any atom is 0.191 e. The van der Waals surface area contributed by atoms with Crippen molar-refractivity contribution in [2.45, 2.75) is 45.2 Å². The number of rotatable bonds is 7. The Kier molecular flexibility index (Phi) is 7.21. The first kappa shape index (κ1) is 19.4. The quantitative estimate of drug-likeness (QED) is 0.445. The van der Waals surface area contributed by atoms with E-state index < -0.39 is 0 Å². The van der Waals surface area contributed by atoms with Crippen molar-refractivity contribution >= 4 is 5.96 Å². The first-order chi connectivity index (χ1) is 13.3. The van der Waals surface area contributed by atoms with Gasteiger partial charge in [-0.1, -0.05) is 6.42 Å². The summed E-state index contributed by atoms with van der Waals surface area (Å²) >= 11 is 0. The molecule has 1 fully saturated rings. The second kappa shape index (κ2) is 10.1. The van der Waals surface area contributed by atoms with Crippen molar-refractivity contribution in [3.63, 3.8) is 0 Å². The van der Waals surface area contributed by atoms with Gasteiger partial charge in [0.05, 0.1) is 0 Å². The van der Waals surface area contributed by atoms with Crippen LogP contribution in [0.1, 0.15) is 38.2 Å². The van der Waals surface area contributed by atoms with Crippen LogP contribution in [0.2, 0.25) is 0 Å². The van der Waals surface area contributed by atoms with Crippen LogP contribution in [0, 0.1) is 0 Å². The highest BCUT2D eigenvalue weighted by Crippen LogP contribution is 2.16. The van der Waals surface area contributed by atoms with E-state index in [1.807, 2.05) is 37.6 Å². The molecular formula is C20H31N7. The molecule has 1 aliphatic heterocycles. The van der Waals surface area contributed by atoms with Crippen LogP contribution in [-0.2, 0) is 6.54 Å². The topological polar surface area (TPSA) is 70.4 Å². The van der Waals surface area contributed by atoms with Gasteiger partial charge in [0.2, 0.25) is 0 Å². The third-order valence-electron chi connectivity index (χ3n) is 5.09. The third-order valence-corrected chi connectivity index (χ3v) is 5.09. The second-order valence-corrected chi connectivity index (χ2v) is 7.06. The zero-order valence-corrected chi connectivity index (χ0v) is 16.4. The number of hydrogen-bond acceptors (Lipinski definition) is 4. The Bertz CT molecular complexity index is 711. The lowest BCUT2D eigenvalue weighted by atomic mass is 10.0. The Morgan fingerprint density at radius 2 is 2.22 bits per heavy atom. The molecule has 0 aromatic carbocycles. The van der Waals surface area contributed by atoms with Crippen molar-refractivity contribution in [1.29, 1.82) is 0 Å². The number of pyridine rings is 1. The summed E-state index contributed by atoms with van der Waals surface area (Å²) < 4.78 is 1.76. The van der Waals surface area contributed by atoms with Gasteiger partial charge in [-0.2, -0.15) is 5.10 Å². The maximum atomic E-state index is 4.36. The molecule has 3 rings (SSSR count). The first-order valence-electron chi connectivity index (χ1n) is 9.90. The van der Waals surface area contributed by atoms with Gasteiger partial charge in [0, 0.05) is 51.3 Å². The predicted molar refractivity (Wildman–Crippen MR) is 109 cm³/mol. The van der Waals surface area contributed by atoms with E-state index >= 15 is 0 Å². The summed E-state index contributed by atoms with van der Waals surface area (Å²) in [5.41, 5.74) is 1.14. The molecular weight excluding hydrogens is 338 g/mol. The normalized spacial score (nSPS) is 18.4. The van der Waals surface area contributed by atoms with Gasteiger partial charge in [0.15, 0.2) is 11.8 Å². The molecule has 2 aromatic rings. The van der Waals surface area contributed by atoms with Gasteiger partial charge in [-0.15, -0.1) is 0 Å². The number of aromatic nitrogens is 3. The lowest BCUT2D eigenvalue weighted by molar-refractivity contribution is 0.159. The van der Waals surface area contributed by atoms with E-state index in [0.717, 1.165) is 42.9 Å². The van der Waals surface area contributed by atoms with Gasteiger partial charge >= 0.3 is 0 Å². The Morgan fingerprint density at radius 1 is 1.30 bits per heavy atom. The van der Waals surface area contributed by atoms with E-state index in [1.54, 1.807) is 10.9 Å². The molecule has 7 heteroatoms. The molecule has 2 N–H and O–H groups in total. The van der Waals surface area contributed by atoms with E-state index in [0.29, 0.717) is 6.54 Å². The number of guanidine groups is 1. The van der Waals surface area contributed by atoms with E-state index in [1.165, 1.54) is 25.8 Å². The fraction of sp³-hybridized carbons (Fsp3) is 0.550. The lowest BCUT2D eigenvalue weighted by Gasteiger charge is -2.33. The smallest absolute Gasteiger partial charge is 0.191 e. The van der Waals surface area contributed by atoms with E-state index in [-0.39, 0.29) is 0 Å². The molecule has 0 amide bonds. The van der Waals surface area contributed by atoms with Crippen molar-refractivity contribution in [2.24, 2.45) is 4.99 Å². The summed E-state index contributed by atoms with van der Waals surface area (Å²) in [6.45, 7) is 6.37. The highest BCUT2D eigenvalue weighted by Gasteiger charge is 2.17. The summed E-state index contributed by atoms with van der Waals surface area (Å²) in [5.74, 6) is 1.65. The molecule has 1 saturated heterocycles. The van der Waals surface area contributed by atoms with Crippen LogP contribution in [-0.4, -0.2) is 58.3 Å². The molecule has 27 heavy (non-hydrogen) atoms. The van der Waals surface area contributed by atoms with E-state index in [2.05, 4.69) is 37.5 Å². The van der Waals surface area contributed by atoms with E-state index in [9.17, 15) is 0 Å². The third kappa shape index (κ3) is 5.79. The van der Waals surface area contributed by atoms with Crippen molar-refractivity contribution in [2.75, 3.05) is 26.7 Å². The van der Waals surface area contributed by atoms with Crippen LogP contribution in [0.3, 0.4) is 0 Å². The SMILES string of the molecule is CN=C(NCCCN1CCCCC1C)NCc1ccnc(-n2cccn2)c1. The van der Waals surface area contributed by atoms with Crippen LogP contribution < -0.4 is 10.6 Å². The molecule has 146 valence electrons. The number of piperidine rings is 1. The number of aliphatic imine (C=N–C) groups is 1.